The Morgan fingerprint density at radius 1 is 1.19 bits per heavy atom. The highest BCUT2D eigenvalue weighted by Gasteiger charge is 2.47. The van der Waals surface area contributed by atoms with Crippen LogP contribution in [-0.4, -0.2) is 66.3 Å². The fourth-order valence-electron chi connectivity index (χ4n) is 3.55. The van der Waals surface area contributed by atoms with Gasteiger partial charge in [0.05, 0.1) is 12.3 Å². The lowest BCUT2D eigenvalue weighted by molar-refractivity contribution is -0.137. The third-order valence-electron chi connectivity index (χ3n) is 5.65. The number of thioether (sulfide) groups is 1. The third-order valence-corrected chi connectivity index (χ3v) is 6.62. The van der Waals surface area contributed by atoms with Gasteiger partial charge < -0.3 is 14.8 Å². The van der Waals surface area contributed by atoms with Gasteiger partial charge in [0.15, 0.2) is 11.0 Å². The zero-order valence-corrected chi connectivity index (χ0v) is 19.0. The van der Waals surface area contributed by atoms with Crippen LogP contribution in [0.15, 0.2) is 5.16 Å². The number of hydrogen-bond donors (Lipinski definition) is 2. The minimum absolute atomic E-state index is 0.0410. The smallest absolute Gasteiger partial charge is 0.335 e. The summed E-state index contributed by atoms with van der Waals surface area (Å²) in [7, 11) is 0. The number of nitrogens with zero attached hydrogens (tertiary/aromatic N) is 5. The summed E-state index contributed by atoms with van der Waals surface area (Å²) in [5.41, 5.74) is 1.35. The molecule has 2 saturated heterocycles. The van der Waals surface area contributed by atoms with Crippen molar-refractivity contribution in [2.45, 2.75) is 76.7 Å². The monoisotopic (exact) mass is 451 g/mol. The van der Waals surface area contributed by atoms with Crippen LogP contribution in [0.1, 0.15) is 58.7 Å². The number of amides is 5. The molecule has 0 saturated carbocycles. The zero-order chi connectivity index (χ0) is 22.6. The maximum atomic E-state index is 12.4. The van der Waals surface area contributed by atoms with E-state index in [-0.39, 0.29) is 11.7 Å². The van der Waals surface area contributed by atoms with Crippen LogP contribution < -0.4 is 10.7 Å². The molecular formula is C19H29N7O4S. The normalized spacial score (nSPS) is 22.0. The number of nitrogens with one attached hydrogen (secondary N) is 2. The van der Waals surface area contributed by atoms with E-state index in [1.165, 1.54) is 0 Å². The molecule has 2 fully saturated rings. The number of imide groups is 1. The van der Waals surface area contributed by atoms with Crippen LogP contribution in [0.5, 0.6) is 0 Å². The quantitative estimate of drug-likeness (QED) is 0.446. The Morgan fingerprint density at radius 3 is 2.65 bits per heavy atom. The molecule has 170 valence electrons. The largest absolute Gasteiger partial charge is 0.344 e. The standard InChI is InChI=1S/C19H29N7O4S/c1-4-19(3)16(29)26(17(30)20-19)23-14(27)12-31-18-22-21-13(25(18)5-2)11-24-10-8-6-7-9-15(24)28/h4-12H2,1-3H3,(H,20,30)(H,23,27). The summed E-state index contributed by atoms with van der Waals surface area (Å²) in [6, 6.07) is -0.645. The average Bonchev–Trinajstić information content (AvgIpc) is 3.14. The Balaban J connectivity index is 1.59. The van der Waals surface area contributed by atoms with Crippen LogP contribution in [-0.2, 0) is 27.5 Å². The molecule has 31 heavy (non-hydrogen) atoms. The topological polar surface area (TPSA) is 130 Å². The van der Waals surface area contributed by atoms with Crippen LogP contribution >= 0.6 is 11.8 Å². The van der Waals surface area contributed by atoms with E-state index >= 15 is 0 Å². The van der Waals surface area contributed by atoms with Crippen molar-refractivity contribution < 1.29 is 19.2 Å². The Kier molecular flexibility index (Phi) is 7.19. The summed E-state index contributed by atoms with van der Waals surface area (Å²) < 4.78 is 1.87. The fraction of sp³-hybridized carbons (Fsp3) is 0.684. The average molecular weight is 452 g/mol. The maximum Gasteiger partial charge on any atom is 0.344 e. The van der Waals surface area contributed by atoms with Crippen LogP contribution in [0, 0.1) is 0 Å². The van der Waals surface area contributed by atoms with Crippen LogP contribution in [0.2, 0.25) is 0 Å². The van der Waals surface area contributed by atoms with Crippen LogP contribution in [0.4, 0.5) is 4.79 Å². The first kappa shape index (κ1) is 23.0. The first-order chi connectivity index (χ1) is 14.8. The van der Waals surface area contributed by atoms with Crippen molar-refractivity contribution in [3.8, 4) is 0 Å². The molecule has 3 rings (SSSR count). The number of likely N-dealkylation sites (tertiary alicyclic amines) is 1. The van der Waals surface area contributed by atoms with Gasteiger partial charge in [0.2, 0.25) is 11.8 Å². The minimum atomic E-state index is -1.01. The molecule has 11 nitrogen and oxygen atoms in total. The van der Waals surface area contributed by atoms with Crippen molar-refractivity contribution in [2.24, 2.45) is 0 Å². The summed E-state index contributed by atoms with van der Waals surface area (Å²) in [4.78, 5) is 50.8. The highest BCUT2D eigenvalue weighted by atomic mass is 32.2. The molecule has 0 bridgehead atoms. The van der Waals surface area contributed by atoms with E-state index < -0.39 is 23.4 Å². The fourth-order valence-corrected chi connectivity index (χ4v) is 4.36. The molecule has 0 radical (unpaired) electrons. The van der Waals surface area contributed by atoms with Gasteiger partial charge in [0, 0.05) is 19.5 Å². The van der Waals surface area contributed by atoms with Crippen molar-refractivity contribution >= 4 is 35.5 Å². The third kappa shape index (κ3) is 5.00. The first-order valence-electron chi connectivity index (χ1n) is 10.6. The molecule has 2 N–H and O–H groups in total. The van der Waals surface area contributed by atoms with E-state index in [9.17, 15) is 19.2 Å². The predicted molar refractivity (Wildman–Crippen MR) is 113 cm³/mol. The Bertz CT molecular complexity index is 873. The minimum Gasteiger partial charge on any atom is -0.335 e. The second kappa shape index (κ2) is 9.67. The van der Waals surface area contributed by atoms with Crippen molar-refractivity contribution in [2.75, 3.05) is 12.3 Å². The molecule has 3 heterocycles. The predicted octanol–water partition coefficient (Wildman–Crippen LogP) is 1.04. The molecule has 2 aliphatic rings. The first-order valence-corrected chi connectivity index (χ1v) is 11.6. The Morgan fingerprint density at radius 2 is 1.97 bits per heavy atom. The number of carbonyl (C=O) groups excluding carboxylic acids is 4. The molecule has 1 atom stereocenters. The summed E-state index contributed by atoms with van der Waals surface area (Å²) >= 11 is 1.16. The van der Waals surface area contributed by atoms with Gasteiger partial charge in [0.25, 0.3) is 5.91 Å². The van der Waals surface area contributed by atoms with E-state index in [2.05, 4.69) is 20.9 Å². The summed E-state index contributed by atoms with van der Waals surface area (Å²) in [5, 5.41) is 12.2. The second-order valence-electron chi connectivity index (χ2n) is 7.85. The summed E-state index contributed by atoms with van der Waals surface area (Å²) in [6.45, 7) is 7.05. The van der Waals surface area contributed by atoms with E-state index in [1.54, 1.807) is 13.8 Å². The maximum absolute atomic E-state index is 12.4. The molecule has 5 amide bonds. The van der Waals surface area contributed by atoms with Gasteiger partial charge in [-0.3, -0.25) is 19.8 Å². The highest BCUT2D eigenvalue weighted by Crippen LogP contribution is 2.21. The Hall–Kier alpha value is -2.63. The molecule has 1 unspecified atom stereocenters. The SMILES string of the molecule is CCn1c(CN2CCCCCC2=O)nnc1SCC(=O)NN1C(=O)NC(C)(CC)C1=O. The number of hydrazine groups is 1. The molecular weight excluding hydrogens is 422 g/mol. The molecule has 1 aromatic heterocycles. The number of hydrogen-bond acceptors (Lipinski definition) is 7. The molecule has 1 aromatic rings. The van der Waals surface area contributed by atoms with E-state index in [0.29, 0.717) is 43.5 Å². The second-order valence-corrected chi connectivity index (χ2v) is 8.79. The summed E-state index contributed by atoms with van der Waals surface area (Å²) in [5.74, 6) is -0.221. The van der Waals surface area contributed by atoms with Crippen LogP contribution in [0.25, 0.3) is 0 Å². The van der Waals surface area contributed by atoms with Crippen molar-refractivity contribution in [3.63, 3.8) is 0 Å². The lowest BCUT2D eigenvalue weighted by atomic mass is 10.00. The molecule has 2 aliphatic heterocycles. The van der Waals surface area contributed by atoms with Crippen LogP contribution in [0.3, 0.4) is 0 Å². The number of rotatable bonds is 8. The molecule has 0 spiro atoms. The molecule has 12 heteroatoms. The highest BCUT2D eigenvalue weighted by molar-refractivity contribution is 7.99. The van der Waals surface area contributed by atoms with Gasteiger partial charge >= 0.3 is 6.03 Å². The van der Waals surface area contributed by atoms with Gasteiger partial charge in [-0.25, -0.2) is 4.79 Å². The zero-order valence-electron chi connectivity index (χ0n) is 18.1. The molecule has 0 aliphatic carbocycles. The number of aromatic nitrogens is 3. The van der Waals surface area contributed by atoms with E-state index in [0.717, 1.165) is 36.0 Å². The number of urea groups is 1. The van der Waals surface area contributed by atoms with Crippen molar-refractivity contribution in [1.29, 1.82) is 0 Å². The summed E-state index contributed by atoms with van der Waals surface area (Å²) in [6.07, 6.45) is 3.92. The van der Waals surface area contributed by atoms with E-state index in [1.807, 2.05) is 16.4 Å². The number of carbonyl (C=O) groups is 4. The van der Waals surface area contributed by atoms with Gasteiger partial charge in [0.1, 0.15) is 5.54 Å². The van der Waals surface area contributed by atoms with E-state index in [4.69, 9.17) is 0 Å². The van der Waals surface area contributed by atoms with Gasteiger partial charge in [-0.1, -0.05) is 25.1 Å². The lowest BCUT2D eigenvalue weighted by Crippen LogP contribution is -2.49. The van der Waals surface area contributed by atoms with Gasteiger partial charge in [-0.15, -0.1) is 10.2 Å². The van der Waals surface area contributed by atoms with Crippen molar-refractivity contribution in [3.05, 3.63) is 5.82 Å². The lowest BCUT2D eigenvalue weighted by Gasteiger charge is -2.20. The van der Waals surface area contributed by atoms with Gasteiger partial charge in [-0.2, -0.15) is 5.01 Å². The molecule has 0 aromatic carbocycles. The van der Waals surface area contributed by atoms with Gasteiger partial charge in [-0.05, 0) is 33.1 Å². The van der Waals surface area contributed by atoms with Crippen molar-refractivity contribution in [1.82, 2.24) is 35.4 Å². The Labute approximate surface area is 185 Å².